The maximum absolute atomic E-state index is 13.2. The predicted octanol–water partition coefficient (Wildman–Crippen LogP) is 5.95. The van der Waals surface area contributed by atoms with Crippen molar-refractivity contribution < 1.29 is 13.2 Å². The third-order valence-corrected chi connectivity index (χ3v) is 4.81. The smallest absolute Gasteiger partial charge is 0.351 e. The quantitative estimate of drug-likeness (QED) is 0.684. The first-order valence-electron chi connectivity index (χ1n) is 8.57. The van der Waals surface area contributed by atoms with Gasteiger partial charge < -0.3 is 10.6 Å². The molecule has 4 nitrogen and oxygen atoms in total. The fourth-order valence-corrected chi connectivity index (χ4v) is 3.14. The number of rotatable bonds is 4. The highest BCUT2D eigenvalue weighted by atomic mass is 35.5. The molecule has 0 bridgehead atoms. The molecule has 1 heterocycles. The number of hydrogen-bond acceptors (Lipinski definition) is 4. The minimum atomic E-state index is -4.54. The highest BCUT2D eigenvalue weighted by molar-refractivity contribution is 6.31. The van der Waals surface area contributed by atoms with Crippen molar-refractivity contribution in [1.29, 1.82) is 0 Å². The first-order chi connectivity index (χ1) is 12.3. The first-order valence-corrected chi connectivity index (χ1v) is 8.95. The van der Waals surface area contributed by atoms with Gasteiger partial charge in [-0.3, -0.25) is 0 Å². The van der Waals surface area contributed by atoms with Gasteiger partial charge in [-0.15, -0.1) is 0 Å². The molecular formula is C18H20ClF3N4. The summed E-state index contributed by atoms with van der Waals surface area (Å²) < 4.78 is 39.7. The zero-order valence-electron chi connectivity index (χ0n) is 14.3. The Morgan fingerprint density at radius 2 is 1.81 bits per heavy atom. The number of nitrogens with one attached hydrogen (secondary N) is 2. The first kappa shape index (κ1) is 18.8. The number of alkyl halides is 3. The zero-order valence-corrected chi connectivity index (χ0v) is 15.1. The molecular weight excluding hydrogens is 365 g/mol. The molecule has 2 aromatic rings. The molecule has 8 heteroatoms. The van der Waals surface area contributed by atoms with E-state index in [1.165, 1.54) is 0 Å². The van der Waals surface area contributed by atoms with Crippen LogP contribution < -0.4 is 10.6 Å². The van der Waals surface area contributed by atoms with E-state index < -0.39 is 11.9 Å². The second kappa shape index (κ2) is 7.70. The number of halogens is 4. The summed E-state index contributed by atoms with van der Waals surface area (Å²) in [4.78, 5) is 7.89. The van der Waals surface area contributed by atoms with Crippen molar-refractivity contribution in [3.05, 3.63) is 40.5 Å². The summed E-state index contributed by atoms with van der Waals surface area (Å²) in [5, 5.41) is 6.56. The number of anilines is 3. The average molecular weight is 385 g/mol. The Bertz CT molecular complexity index is 774. The molecule has 0 amide bonds. The molecule has 1 aliphatic carbocycles. The second-order valence-electron chi connectivity index (χ2n) is 6.53. The topological polar surface area (TPSA) is 49.8 Å². The predicted molar refractivity (Wildman–Crippen MR) is 97.0 cm³/mol. The summed E-state index contributed by atoms with van der Waals surface area (Å²) in [6, 6.07) is 6.16. The fourth-order valence-electron chi connectivity index (χ4n) is 3.02. The third-order valence-electron chi connectivity index (χ3n) is 4.39. The second-order valence-corrected chi connectivity index (χ2v) is 6.94. The summed E-state index contributed by atoms with van der Waals surface area (Å²) in [6.07, 6.45) is 0.567. The maximum Gasteiger partial charge on any atom is 0.433 e. The lowest BCUT2D eigenvalue weighted by Gasteiger charge is -2.23. The van der Waals surface area contributed by atoms with Gasteiger partial charge in [0.15, 0.2) is 5.69 Å². The Kier molecular flexibility index (Phi) is 5.55. The third kappa shape index (κ3) is 4.78. The SMILES string of the molecule is Cc1cc(Nc2cc(C(F)(F)F)nc(NC3CCCCC3)n2)ccc1Cl. The normalized spacial score (nSPS) is 15.7. The van der Waals surface area contributed by atoms with Crippen molar-refractivity contribution in [2.45, 2.75) is 51.2 Å². The van der Waals surface area contributed by atoms with E-state index in [9.17, 15) is 13.2 Å². The molecule has 1 saturated carbocycles. The molecule has 1 aromatic heterocycles. The molecule has 0 atom stereocenters. The summed E-state index contributed by atoms with van der Waals surface area (Å²) >= 11 is 5.99. The highest BCUT2D eigenvalue weighted by Gasteiger charge is 2.34. The van der Waals surface area contributed by atoms with Crippen molar-refractivity contribution in [2.24, 2.45) is 0 Å². The van der Waals surface area contributed by atoms with Crippen molar-refractivity contribution >= 4 is 29.1 Å². The Labute approximate surface area is 155 Å². The Balaban J connectivity index is 1.87. The van der Waals surface area contributed by atoms with Gasteiger partial charge in [0.05, 0.1) is 0 Å². The molecule has 0 saturated heterocycles. The summed E-state index contributed by atoms with van der Waals surface area (Å²) in [5.74, 6) is 0.0901. The van der Waals surface area contributed by atoms with Crippen LogP contribution in [0.15, 0.2) is 24.3 Å². The molecule has 3 rings (SSSR count). The van der Waals surface area contributed by atoms with Crippen molar-refractivity contribution in [3.8, 4) is 0 Å². The Hall–Kier alpha value is -2.02. The minimum Gasteiger partial charge on any atom is -0.351 e. The Morgan fingerprint density at radius 3 is 2.46 bits per heavy atom. The van der Waals surface area contributed by atoms with Crippen LogP contribution in [0.4, 0.5) is 30.6 Å². The Morgan fingerprint density at radius 1 is 1.08 bits per heavy atom. The van der Waals surface area contributed by atoms with Gasteiger partial charge >= 0.3 is 6.18 Å². The van der Waals surface area contributed by atoms with Crippen LogP contribution in [0.5, 0.6) is 0 Å². The van der Waals surface area contributed by atoms with Crippen molar-refractivity contribution in [1.82, 2.24) is 9.97 Å². The van der Waals surface area contributed by atoms with Crippen molar-refractivity contribution in [3.63, 3.8) is 0 Å². The van der Waals surface area contributed by atoms with Gasteiger partial charge in [-0.2, -0.15) is 18.2 Å². The van der Waals surface area contributed by atoms with Crippen LogP contribution in [0, 0.1) is 6.92 Å². The average Bonchev–Trinajstić information content (AvgIpc) is 2.58. The van der Waals surface area contributed by atoms with E-state index in [2.05, 4.69) is 20.6 Å². The van der Waals surface area contributed by atoms with Crippen LogP contribution in [-0.2, 0) is 6.18 Å². The largest absolute Gasteiger partial charge is 0.433 e. The highest BCUT2D eigenvalue weighted by Crippen LogP contribution is 2.31. The van der Waals surface area contributed by atoms with E-state index in [4.69, 9.17) is 11.6 Å². The van der Waals surface area contributed by atoms with Gasteiger partial charge in [-0.1, -0.05) is 30.9 Å². The summed E-state index contributed by atoms with van der Waals surface area (Å²) in [6.45, 7) is 1.82. The maximum atomic E-state index is 13.2. The number of aromatic nitrogens is 2. The van der Waals surface area contributed by atoms with Gasteiger partial charge in [0.25, 0.3) is 0 Å². The van der Waals surface area contributed by atoms with Gasteiger partial charge in [0, 0.05) is 22.8 Å². The van der Waals surface area contributed by atoms with E-state index in [0.29, 0.717) is 10.7 Å². The van der Waals surface area contributed by atoms with Gasteiger partial charge in [-0.25, -0.2) is 4.98 Å². The van der Waals surface area contributed by atoms with Crippen LogP contribution in [0.2, 0.25) is 5.02 Å². The lowest BCUT2D eigenvalue weighted by atomic mass is 9.96. The minimum absolute atomic E-state index is 0.0000829. The number of aryl methyl sites for hydroxylation is 1. The van der Waals surface area contributed by atoms with Gasteiger partial charge in [0.1, 0.15) is 5.82 Å². The molecule has 26 heavy (non-hydrogen) atoms. The number of hydrogen-bond donors (Lipinski definition) is 2. The summed E-state index contributed by atoms with van der Waals surface area (Å²) in [7, 11) is 0. The fraction of sp³-hybridized carbons (Fsp3) is 0.444. The molecule has 0 spiro atoms. The molecule has 0 radical (unpaired) electrons. The van der Waals surface area contributed by atoms with Crippen LogP contribution in [0.1, 0.15) is 43.4 Å². The van der Waals surface area contributed by atoms with Gasteiger partial charge in [-0.05, 0) is 43.5 Å². The van der Waals surface area contributed by atoms with Gasteiger partial charge in [0.2, 0.25) is 5.95 Å². The number of benzene rings is 1. The molecule has 0 unspecified atom stereocenters. The molecule has 1 aliphatic rings. The summed E-state index contributed by atoms with van der Waals surface area (Å²) in [5.41, 5.74) is 0.462. The molecule has 1 fully saturated rings. The monoisotopic (exact) mass is 384 g/mol. The molecule has 140 valence electrons. The van der Waals surface area contributed by atoms with Crippen LogP contribution in [0.25, 0.3) is 0 Å². The van der Waals surface area contributed by atoms with E-state index in [1.807, 2.05) is 6.92 Å². The van der Waals surface area contributed by atoms with E-state index in [-0.39, 0.29) is 17.8 Å². The zero-order chi connectivity index (χ0) is 18.7. The molecule has 2 N–H and O–H groups in total. The number of nitrogens with zero attached hydrogens (tertiary/aromatic N) is 2. The van der Waals surface area contributed by atoms with Crippen LogP contribution in [0.3, 0.4) is 0 Å². The van der Waals surface area contributed by atoms with E-state index in [1.54, 1.807) is 18.2 Å². The van der Waals surface area contributed by atoms with E-state index >= 15 is 0 Å². The standard InChI is InChI=1S/C18H20ClF3N4/c1-11-9-13(7-8-14(11)19)23-16-10-15(18(20,21)22)25-17(26-16)24-12-5-3-2-4-6-12/h7-10,12H,2-6H2,1H3,(H2,23,24,25,26). The van der Waals surface area contributed by atoms with Crippen LogP contribution >= 0.6 is 11.6 Å². The lowest BCUT2D eigenvalue weighted by molar-refractivity contribution is -0.141. The van der Waals surface area contributed by atoms with Crippen molar-refractivity contribution in [2.75, 3.05) is 10.6 Å². The lowest BCUT2D eigenvalue weighted by Crippen LogP contribution is -2.24. The van der Waals surface area contributed by atoms with Crippen LogP contribution in [-0.4, -0.2) is 16.0 Å². The molecule has 0 aliphatic heterocycles. The molecule has 1 aromatic carbocycles. The van der Waals surface area contributed by atoms with E-state index in [0.717, 1.165) is 43.7 Å².